The molecule has 82 valence electrons. The molecule has 0 aliphatic rings. The minimum absolute atomic E-state index is 0.251. The minimum atomic E-state index is -0.251. The van der Waals surface area contributed by atoms with Gasteiger partial charge >= 0.3 is 0 Å². The second-order valence-electron chi connectivity index (χ2n) is 3.03. The van der Waals surface area contributed by atoms with E-state index in [-0.39, 0.29) is 11.1 Å². The van der Waals surface area contributed by atoms with Gasteiger partial charge in [0.1, 0.15) is 0 Å². The summed E-state index contributed by atoms with van der Waals surface area (Å²) in [5, 5.41) is 0.569. The van der Waals surface area contributed by atoms with Gasteiger partial charge in [0, 0.05) is 18.1 Å². The molecule has 0 unspecified atom stereocenters. The van der Waals surface area contributed by atoms with Crippen molar-refractivity contribution in [3.8, 4) is 0 Å². The van der Waals surface area contributed by atoms with Gasteiger partial charge in [-0.3, -0.25) is 9.78 Å². The topological polar surface area (TPSA) is 71.5 Å². The third-order valence-corrected chi connectivity index (χ3v) is 2.79. The minimum Gasteiger partial charge on any atom is -0.299 e. The summed E-state index contributed by atoms with van der Waals surface area (Å²) < 4.78 is 0. The molecule has 16 heavy (non-hydrogen) atoms. The highest BCUT2D eigenvalue weighted by atomic mass is 32.2. The fourth-order valence-electron chi connectivity index (χ4n) is 1.16. The summed E-state index contributed by atoms with van der Waals surface area (Å²) in [6.07, 6.45) is 5.69. The van der Waals surface area contributed by atoms with Crippen molar-refractivity contribution in [1.29, 1.82) is 0 Å². The fraction of sp³-hybridized carbons (Fsp3) is 0.200. The standard InChI is InChI=1S/C10H10N4OS/c1-2-3-6-16-10-13-8-7(9(15)14-10)11-4-5-12-8/h2,4-5H,1,3,6H2,(H,12,13,14,15). The molecular weight excluding hydrogens is 224 g/mol. The van der Waals surface area contributed by atoms with Gasteiger partial charge in [-0.1, -0.05) is 17.8 Å². The number of nitrogens with one attached hydrogen (secondary N) is 1. The van der Waals surface area contributed by atoms with Crippen molar-refractivity contribution in [3.05, 3.63) is 35.4 Å². The summed E-state index contributed by atoms with van der Waals surface area (Å²) >= 11 is 1.47. The van der Waals surface area contributed by atoms with E-state index in [0.29, 0.717) is 10.8 Å². The van der Waals surface area contributed by atoms with Crippen LogP contribution in [0.1, 0.15) is 6.42 Å². The molecule has 0 aliphatic heterocycles. The molecule has 2 aromatic rings. The normalized spacial score (nSPS) is 10.5. The fourth-order valence-corrected chi connectivity index (χ4v) is 1.95. The van der Waals surface area contributed by atoms with E-state index >= 15 is 0 Å². The van der Waals surface area contributed by atoms with Crippen LogP contribution in [-0.2, 0) is 0 Å². The molecule has 0 aromatic carbocycles. The summed E-state index contributed by atoms with van der Waals surface area (Å²) in [5.74, 6) is 0.832. The largest absolute Gasteiger partial charge is 0.299 e. The summed E-state index contributed by atoms with van der Waals surface area (Å²) in [5.41, 5.74) is 0.405. The van der Waals surface area contributed by atoms with Gasteiger partial charge in [-0.15, -0.1) is 6.58 Å². The second-order valence-corrected chi connectivity index (χ2v) is 4.11. The molecule has 0 bridgehead atoms. The highest BCUT2D eigenvalue weighted by molar-refractivity contribution is 7.99. The van der Waals surface area contributed by atoms with E-state index in [0.717, 1.165) is 12.2 Å². The Morgan fingerprint density at radius 3 is 3.06 bits per heavy atom. The lowest BCUT2D eigenvalue weighted by atomic mass is 10.5. The van der Waals surface area contributed by atoms with Gasteiger partial charge in [0.15, 0.2) is 16.3 Å². The number of aromatic amines is 1. The van der Waals surface area contributed by atoms with Crippen LogP contribution in [0.4, 0.5) is 0 Å². The van der Waals surface area contributed by atoms with Gasteiger partial charge in [0.25, 0.3) is 5.56 Å². The summed E-state index contributed by atoms with van der Waals surface area (Å²) in [6, 6.07) is 0. The SMILES string of the molecule is C=CCCSc1nc2nccnc2c(=O)[nH]1. The number of fused-ring (bicyclic) bond motifs is 1. The molecule has 0 aliphatic carbocycles. The lowest BCUT2D eigenvalue weighted by Crippen LogP contribution is -2.11. The van der Waals surface area contributed by atoms with Gasteiger partial charge in [-0.2, -0.15) is 0 Å². The number of aromatic nitrogens is 4. The van der Waals surface area contributed by atoms with Crippen LogP contribution in [0.2, 0.25) is 0 Å². The van der Waals surface area contributed by atoms with E-state index in [4.69, 9.17) is 0 Å². The maximum atomic E-state index is 11.6. The molecule has 0 spiro atoms. The third kappa shape index (κ3) is 2.27. The molecule has 0 radical (unpaired) electrons. The number of hydrogen-bond donors (Lipinski definition) is 1. The summed E-state index contributed by atoms with van der Waals surface area (Å²) in [6.45, 7) is 3.63. The first-order valence-corrected chi connectivity index (χ1v) is 5.74. The predicted octanol–water partition coefficient (Wildman–Crippen LogP) is 1.38. The van der Waals surface area contributed by atoms with E-state index in [1.807, 2.05) is 6.08 Å². The van der Waals surface area contributed by atoms with Crippen molar-refractivity contribution in [1.82, 2.24) is 19.9 Å². The Kier molecular flexibility index (Phi) is 3.31. The van der Waals surface area contributed by atoms with Crippen LogP contribution >= 0.6 is 11.8 Å². The molecule has 2 heterocycles. The zero-order valence-electron chi connectivity index (χ0n) is 8.51. The van der Waals surface area contributed by atoms with Crippen LogP contribution in [0, 0.1) is 0 Å². The number of nitrogens with zero attached hydrogens (tertiary/aromatic N) is 3. The Bertz CT molecular complexity index is 566. The lowest BCUT2D eigenvalue weighted by Gasteiger charge is -1.99. The zero-order valence-corrected chi connectivity index (χ0v) is 9.33. The molecule has 0 amide bonds. The van der Waals surface area contributed by atoms with Crippen molar-refractivity contribution in [2.45, 2.75) is 11.6 Å². The van der Waals surface area contributed by atoms with E-state index in [1.54, 1.807) is 0 Å². The van der Waals surface area contributed by atoms with Crippen molar-refractivity contribution in [2.75, 3.05) is 5.75 Å². The number of hydrogen-bond acceptors (Lipinski definition) is 5. The quantitative estimate of drug-likeness (QED) is 0.374. The van der Waals surface area contributed by atoms with Crippen LogP contribution in [0.3, 0.4) is 0 Å². The lowest BCUT2D eigenvalue weighted by molar-refractivity contribution is 0.949. The van der Waals surface area contributed by atoms with Crippen molar-refractivity contribution in [3.63, 3.8) is 0 Å². The number of thioether (sulfide) groups is 1. The Morgan fingerprint density at radius 2 is 2.25 bits per heavy atom. The maximum Gasteiger partial charge on any atom is 0.279 e. The molecule has 0 atom stereocenters. The van der Waals surface area contributed by atoms with Gasteiger partial charge in [0.2, 0.25) is 0 Å². The monoisotopic (exact) mass is 234 g/mol. The van der Waals surface area contributed by atoms with E-state index in [1.165, 1.54) is 24.2 Å². The van der Waals surface area contributed by atoms with Crippen molar-refractivity contribution < 1.29 is 0 Å². The number of H-pyrrole nitrogens is 1. The smallest absolute Gasteiger partial charge is 0.279 e. The van der Waals surface area contributed by atoms with E-state index in [9.17, 15) is 4.79 Å². The molecule has 0 fully saturated rings. The van der Waals surface area contributed by atoms with Crippen molar-refractivity contribution >= 4 is 22.9 Å². The van der Waals surface area contributed by atoms with Crippen molar-refractivity contribution in [2.24, 2.45) is 0 Å². The Morgan fingerprint density at radius 1 is 1.44 bits per heavy atom. The molecule has 0 saturated carbocycles. The van der Waals surface area contributed by atoms with Gasteiger partial charge in [0.05, 0.1) is 0 Å². The average Bonchev–Trinajstić information content (AvgIpc) is 2.30. The summed E-state index contributed by atoms with van der Waals surface area (Å²) in [4.78, 5) is 26.4. The van der Waals surface area contributed by atoms with E-state index < -0.39 is 0 Å². The molecular formula is C10H10N4OS. The summed E-state index contributed by atoms with van der Waals surface area (Å²) in [7, 11) is 0. The number of rotatable bonds is 4. The maximum absolute atomic E-state index is 11.6. The molecule has 1 N–H and O–H groups in total. The van der Waals surface area contributed by atoms with Gasteiger partial charge in [-0.05, 0) is 6.42 Å². The molecule has 2 aromatic heterocycles. The highest BCUT2D eigenvalue weighted by Gasteiger charge is 2.05. The molecule has 0 saturated heterocycles. The van der Waals surface area contributed by atoms with Crippen LogP contribution in [0.5, 0.6) is 0 Å². The first-order chi connectivity index (χ1) is 7.81. The predicted molar refractivity (Wildman–Crippen MR) is 63.5 cm³/mol. The first-order valence-electron chi connectivity index (χ1n) is 4.76. The Balaban J connectivity index is 2.34. The zero-order chi connectivity index (χ0) is 11.4. The first kappa shape index (κ1) is 10.8. The van der Waals surface area contributed by atoms with Crippen LogP contribution < -0.4 is 5.56 Å². The van der Waals surface area contributed by atoms with Crippen LogP contribution in [0.25, 0.3) is 11.2 Å². The molecule has 2 rings (SSSR count). The van der Waals surface area contributed by atoms with E-state index in [2.05, 4.69) is 26.5 Å². The third-order valence-electron chi connectivity index (χ3n) is 1.88. The van der Waals surface area contributed by atoms with Crippen LogP contribution in [0.15, 0.2) is 35.0 Å². The molecule has 5 nitrogen and oxygen atoms in total. The van der Waals surface area contributed by atoms with Gasteiger partial charge in [-0.25, -0.2) is 15.0 Å². The highest BCUT2D eigenvalue weighted by Crippen LogP contribution is 2.13. The Labute approximate surface area is 96.0 Å². The average molecular weight is 234 g/mol. The second kappa shape index (κ2) is 4.89. The number of allylic oxidation sites excluding steroid dienone is 1. The molecule has 6 heteroatoms. The van der Waals surface area contributed by atoms with Gasteiger partial charge < -0.3 is 0 Å². The van der Waals surface area contributed by atoms with Crippen LogP contribution in [-0.4, -0.2) is 25.7 Å². The Hall–Kier alpha value is -1.69.